The number of rotatable bonds is 0. The van der Waals surface area contributed by atoms with Gasteiger partial charge in [-0.1, -0.05) is 0 Å². The van der Waals surface area contributed by atoms with Gasteiger partial charge in [0.05, 0.1) is 18.2 Å². The lowest BCUT2D eigenvalue weighted by atomic mass is 10.2. The Kier molecular flexibility index (Phi) is 1.39. The van der Waals surface area contributed by atoms with Gasteiger partial charge in [0.15, 0.2) is 0 Å². The largest absolute Gasteiger partial charge is 0.391 e. The van der Waals surface area contributed by atoms with E-state index in [9.17, 15) is 0 Å². The van der Waals surface area contributed by atoms with Crippen molar-refractivity contribution in [1.29, 1.82) is 0 Å². The molecule has 0 saturated carbocycles. The van der Waals surface area contributed by atoms with Gasteiger partial charge in [-0.15, -0.1) is 11.3 Å². The molecule has 3 heteroatoms. The van der Waals surface area contributed by atoms with Crippen LogP contribution < -0.4 is 5.73 Å². The fourth-order valence-corrected chi connectivity index (χ4v) is 2.09. The zero-order valence-electron chi connectivity index (χ0n) is 5.59. The summed E-state index contributed by atoms with van der Waals surface area (Å²) in [7, 11) is 0. The highest BCUT2D eigenvalue weighted by Gasteiger charge is 2.11. The molecule has 1 aromatic heterocycles. The lowest BCUT2D eigenvalue weighted by Gasteiger charge is -2.10. The molecular weight excluding hydrogens is 146 g/mol. The molecule has 2 rings (SSSR count). The maximum atomic E-state index is 5.62. The van der Waals surface area contributed by atoms with Crippen molar-refractivity contribution in [1.82, 2.24) is 0 Å². The van der Waals surface area contributed by atoms with Gasteiger partial charge >= 0.3 is 0 Å². The summed E-state index contributed by atoms with van der Waals surface area (Å²) in [5.74, 6) is 0. The quantitative estimate of drug-likeness (QED) is 0.614. The molecule has 2 N–H and O–H groups in total. The highest BCUT2D eigenvalue weighted by molar-refractivity contribution is 7.16. The van der Waals surface area contributed by atoms with Crippen LogP contribution >= 0.6 is 11.3 Å². The zero-order valence-corrected chi connectivity index (χ0v) is 6.41. The average molecular weight is 155 g/mol. The normalized spacial score (nSPS) is 16.8. The summed E-state index contributed by atoms with van der Waals surface area (Å²) in [5.41, 5.74) is 6.91. The van der Waals surface area contributed by atoms with E-state index < -0.39 is 0 Å². The van der Waals surface area contributed by atoms with Gasteiger partial charge in [-0.3, -0.25) is 0 Å². The van der Waals surface area contributed by atoms with Gasteiger partial charge in [0.25, 0.3) is 0 Å². The Morgan fingerprint density at radius 3 is 3.30 bits per heavy atom. The first kappa shape index (κ1) is 6.19. The Morgan fingerprint density at radius 2 is 2.50 bits per heavy atom. The lowest BCUT2D eigenvalue weighted by molar-refractivity contribution is 0.112. The summed E-state index contributed by atoms with van der Waals surface area (Å²) < 4.78 is 5.26. The number of fused-ring (bicyclic) bond motifs is 1. The summed E-state index contributed by atoms with van der Waals surface area (Å²) in [6.07, 6.45) is 1.04. The molecule has 1 aromatic rings. The first-order valence-corrected chi connectivity index (χ1v) is 4.13. The Bertz CT molecular complexity index is 220. The average Bonchev–Trinajstić information content (AvgIpc) is 2.27. The fourth-order valence-electron chi connectivity index (χ4n) is 1.17. The van der Waals surface area contributed by atoms with Gasteiger partial charge in [0.1, 0.15) is 0 Å². The van der Waals surface area contributed by atoms with Crippen LogP contribution in [-0.2, 0) is 17.8 Å². The van der Waals surface area contributed by atoms with Crippen molar-refractivity contribution in [2.24, 2.45) is 0 Å². The van der Waals surface area contributed by atoms with Crippen molar-refractivity contribution in [2.75, 3.05) is 12.3 Å². The number of thiophene rings is 1. The van der Waals surface area contributed by atoms with Crippen LogP contribution in [0.25, 0.3) is 0 Å². The van der Waals surface area contributed by atoms with E-state index in [1.54, 1.807) is 11.3 Å². The van der Waals surface area contributed by atoms with E-state index in [1.165, 1.54) is 10.4 Å². The van der Waals surface area contributed by atoms with Crippen molar-refractivity contribution in [3.63, 3.8) is 0 Å². The van der Waals surface area contributed by atoms with Crippen LogP contribution in [0.4, 0.5) is 5.00 Å². The molecule has 0 unspecified atom stereocenters. The van der Waals surface area contributed by atoms with Crippen molar-refractivity contribution < 1.29 is 4.74 Å². The van der Waals surface area contributed by atoms with Crippen LogP contribution in [0.3, 0.4) is 0 Å². The maximum absolute atomic E-state index is 5.62. The van der Waals surface area contributed by atoms with Gasteiger partial charge in [-0.2, -0.15) is 0 Å². The molecule has 1 aliphatic rings. The molecule has 0 aliphatic carbocycles. The second-order valence-corrected chi connectivity index (χ2v) is 3.57. The van der Waals surface area contributed by atoms with Crippen molar-refractivity contribution in [3.05, 3.63) is 16.5 Å². The van der Waals surface area contributed by atoms with E-state index in [0.29, 0.717) is 0 Å². The minimum absolute atomic E-state index is 0.753. The predicted octanol–water partition coefficient (Wildman–Crippen LogP) is 1.40. The van der Waals surface area contributed by atoms with Crippen LogP contribution in [0.2, 0.25) is 0 Å². The summed E-state index contributed by atoms with van der Waals surface area (Å²) in [6.45, 7) is 1.61. The van der Waals surface area contributed by atoms with E-state index in [-0.39, 0.29) is 0 Å². The molecule has 0 amide bonds. The number of hydrogen-bond acceptors (Lipinski definition) is 3. The topological polar surface area (TPSA) is 35.2 Å². The minimum Gasteiger partial charge on any atom is -0.391 e. The second kappa shape index (κ2) is 2.25. The molecule has 2 heterocycles. The predicted molar refractivity (Wildman–Crippen MR) is 42.1 cm³/mol. The Morgan fingerprint density at radius 1 is 1.60 bits per heavy atom. The van der Waals surface area contributed by atoms with Crippen LogP contribution in [0.1, 0.15) is 10.4 Å². The molecule has 0 fully saturated rings. The van der Waals surface area contributed by atoms with Gasteiger partial charge in [0, 0.05) is 11.3 Å². The van der Waals surface area contributed by atoms with Gasteiger partial charge in [-0.05, 0) is 11.6 Å². The van der Waals surface area contributed by atoms with Crippen molar-refractivity contribution >= 4 is 16.3 Å². The van der Waals surface area contributed by atoms with Crippen molar-refractivity contribution in [3.8, 4) is 0 Å². The Balaban J connectivity index is 2.41. The number of nitrogens with two attached hydrogens (primary N) is 1. The van der Waals surface area contributed by atoms with E-state index in [0.717, 1.165) is 24.6 Å². The molecule has 0 spiro atoms. The molecule has 0 bridgehead atoms. The molecule has 0 radical (unpaired) electrons. The summed E-state index contributed by atoms with van der Waals surface area (Å²) in [5, 5.41) is 0.913. The first-order valence-electron chi connectivity index (χ1n) is 3.31. The molecule has 2 nitrogen and oxygen atoms in total. The summed E-state index contributed by atoms with van der Waals surface area (Å²) in [6, 6.07) is 2.01. The third-order valence-electron chi connectivity index (χ3n) is 1.65. The van der Waals surface area contributed by atoms with E-state index in [2.05, 4.69) is 0 Å². The minimum atomic E-state index is 0.753. The highest BCUT2D eigenvalue weighted by Crippen LogP contribution is 2.27. The van der Waals surface area contributed by atoms with Gasteiger partial charge in [0.2, 0.25) is 0 Å². The van der Waals surface area contributed by atoms with Gasteiger partial charge in [-0.25, -0.2) is 0 Å². The molecule has 0 atom stereocenters. The Labute approximate surface area is 63.6 Å². The molecule has 10 heavy (non-hydrogen) atoms. The lowest BCUT2D eigenvalue weighted by Crippen LogP contribution is -2.05. The maximum Gasteiger partial charge on any atom is 0.0862 e. The number of nitrogen functional groups attached to an aromatic ring is 1. The molecule has 1 aliphatic heterocycles. The number of ether oxygens (including phenoxy) is 1. The third kappa shape index (κ3) is 0.914. The van der Waals surface area contributed by atoms with Crippen LogP contribution in [0, 0.1) is 0 Å². The monoisotopic (exact) mass is 155 g/mol. The zero-order chi connectivity index (χ0) is 6.97. The molecule has 0 saturated heterocycles. The fraction of sp³-hybridized carbons (Fsp3) is 0.429. The first-order chi connectivity index (χ1) is 4.86. The SMILES string of the molecule is Nc1cc2c(s1)CCOC2. The van der Waals surface area contributed by atoms with Crippen LogP contribution in [0.15, 0.2) is 6.07 Å². The standard InChI is InChI=1S/C7H9NOS/c8-7-3-5-4-9-2-1-6(5)10-7/h3H,1-2,4,8H2. The third-order valence-corrected chi connectivity index (χ3v) is 2.71. The number of hydrogen-bond donors (Lipinski definition) is 1. The summed E-state index contributed by atoms with van der Waals surface area (Å²) in [4.78, 5) is 1.41. The van der Waals surface area contributed by atoms with E-state index in [4.69, 9.17) is 10.5 Å². The molecule has 54 valence electrons. The van der Waals surface area contributed by atoms with Gasteiger partial charge < -0.3 is 10.5 Å². The Hall–Kier alpha value is -0.540. The van der Waals surface area contributed by atoms with Crippen molar-refractivity contribution in [2.45, 2.75) is 13.0 Å². The van der Waals surface area contributed by atoms with E-state index in [1.807, 2.05) is 6.07 Å². The second-order valence-electron chi connectivity index (χ2n) is 2.40. The summed E-state index contributed by atoms with van der Waals surface area (Å²) >= 11 is 1.69. The van der Waals surface area contributed by atoms with Crippen LogP contribution in [0.5, 0.6) is 0 Å². The highest BCUT2D eigenvalue weighted by atomic mass is 32.1. The number of anilines is 1. The van der Waals surface area contributed by atoms with Crippen LogP contribution in [-0.4, -0.2) is 6.61 Å². The smallest absolute Gasteiger partial charge is 0.0862 e. The molecule has 0 aromatic carbocycles. The van der Waals surface area contributed by atoms with E-state index >= 15 is 0 Å². The molecular formula is C7H9NOS.